The number of pyridine rings is 2. The van der Waals surface area contributed by atoms with Crippen molar-refractivity contribution in [2.24, 2.45) is 5.73 Å². The van der Waals surface area contributed by atoms with Crippen LogP contribution in [0.15, 0.2) is 54.9 Å². The second kappa shape index (κ2) is 6.24. The van der Waals surface area contributed by atoms with Crippen molar-refractivity contribution < 1.29 is 0 Å². The van der Waals surface area contributed by atoms with Crippen molar-refractivity contribution in [3.8, 4) is 22.5 Å². The highest BCUT2D eigenvalue weighted by Crippen LogP contribution is 2.29. The molecule has 0 unspecified atom stereocenters. The van der Waals surface area contributed by atoms with E-state index < -0.39 is 0 Å². The van der Waals surface area contributed by atoms with Crippen molar-refractivity contribution >= 4 is 23.1 Å². The van der Waals surface area contributed by atoms with Gasteiger partial charge >= 0.3 is 0 Å². The number of hydrogen-bond acceptors (Lipinski definition) is 4. The number of nitrogen functional groups attached to an aromatic ring is 1. The molecule has 7 heteroatoms. The standard InChI is InChI=1S/C19H15ClN6/c1-11-8-15(13-5-3-7-23-10-13)16(17(21)22)19-24-18(25-26(11)19)12-4-2-6-14(20)9-12/h2-10H,1H3,(H3,21,22). The lowest BCUT2D eigenvalue weighted by atomic mass is 10.0. The molecule has 0 saturated carbocycles. The van der Waals surface area contributed by atoms with Crippen LogP contribution in [0.3, 0.4) is 0 Å². The molecule has 6 nitrogen and oxygen atoms in total. The van der Waals surface area contributed by atoms with E-state index in [-0.39, 0.29) is 5.84 Å². The molecular weight excluding hydrogens is 348 g/mol. The quantitative estimate of drug-likeness (QED) is 0.429. The fourth-order valence-corrected chi connectivity index (χ4v) is 3.14. The Morgan fingerprint density at radius 1 is 1.15 bits per heavy atom. The van der Waals surface area contributed by atoms with Gasteiger partial charge in [-0.1, -0.05) is 29.8 Å². The number of benzene rings is 1. The summed E-state index contributed by atoms with van der Waals surface area (Å²) in [5.41, 5.74) is 10.3. The van der Waals surface area contributed by atoms with Gasteiger partial charge in [0, 0.05) is 34.2 Å². The first-order chi connectivity index (χ1) is 12.5. The zero-order chi connectivity index (χ0) is 18.3. The van der Waals surface area contributed by atoms with E-state index in [0.717, 1.165) is 22.4 Å². The predicted octanol–water partition coefficient (Wildman–Crippen LogP) is 3.70. The molecule has 0 spiro atoms. The van der Waals surface area contributed by atoms with Gasteiger partial charge < -0.3 is 5.73 Å². The number of aryl methyl sites for hydroxylation is 1. The number of nitrogens with two attached hydrogens (primary N) is 1. The van der Waals surface area contributed by atoms with E-state index >= 15 is 0 Å². The molecule has 0 aliphatic rings. The molecule has 0 radical (unpaired) electrons. The van der Waals surface area contributed by atoms with E-state index in [1.54, 1.807) is 29.0 Å². The Bertz CT molecular complexity index is 1130. The average molecular weight is 363 g/mol. The molecule has 128 valence electrons. The van der Waals surface area contributed by atoms with Crippen LogP contribution in [-0.4, -0.2) is 25.4 Å². The van der Waals surface area contributed by atoms with Crippen molar-refractivity contribution in [1.82, 2.24) is 19.6 Å². The lowest BCUT2D eigenvalue weighted by molar-refractivity contribution is 0.917. The molecule has 3 N–H and O–H groups in total. The topological polar surface area (TPSA) is 93.0 Å². The van der Waals surface area contributed by atoms with Gasteiger partial charge in [-0.3, -0.25) is 10.4 Å². The zero-order valence-electron chi connectivity index (χ0n) is 13.9. The predicted molar refractivity (Wildman–Crippen MR) is 102 cm³/mol. The van der Waals surface area contributed by atoms with Crippen LogP contribution >= 0.6 is 11.6 Å². The summed E-state index contributed by atoms with van der Waals surface area (Å²) >= 11 is 6.09. The molecule has 1 aromatic carbocycles. The highest BCUT2D eigenvalue weighted by molar-refractivity contribution is 6.30. The van der Waals surface area contributed by atoms with Crippen LogP contribution in [0.2, 0.25) is 5.02 Å². The molecular formula is C19H15ClN6. The third-order valence-electron chi connectivity index (χ3n) is 4.11. The number of nitrogens with one attached hydrogen (secondary N) is 1. The molecule has 0 fully saturated rings. The SMILES string of the molecule is Cc1cc(-c2cccnc2)c(C(=N)N)c2nc(-c3cccc(Cl)c3)nn12. The Balaban J connectivity index is 2.02. The molecule has 0 atom stereocenters. The zero-order valence-corrected chi connectivity index (χ0v) is 14.7. The summed E-state index contributed by atoms with van der Waals surface area (Å²) in [5.74, 6) is 0.459. The summed E-state index contributed by atoms with van der Waals surface area (Å²) in [7, 11) is 0. The Labute approximate surface area is 154 Å². The van der Waals surface area contributed by atoms with Crippen molar-refractivity contribution in [3.05, 3.63) is 71.1 Å². The summed E-state index contributed by atoms with van der Waals surface area (Å²) < 4.78 is 1.70. The molecule has 4 rings (SSSR count). The monoisotopic (exact) mass is 362 g/mol. The van der Waals surface area contributed by atoms with E-state index in [0.29, 0.717) is 22.1 Å². The summed E-state index contributed by atoms with van der Waals surface area (Å²) in [6.07, 6.45) is 3.45. The number of halogens is 1. The van der Waals surface area contributed by atoms with Crippen LogP contribution in [0, 0.1) is 12.3 Å². The van der Waals surface area contributed by atoms with Gasteiger partial charge in [-0.05, 0) is 36.8 Å². The van der Waals surface area contributed by atoms with Crippen LogP contribution in [0.1, 0.15) is 11.3 Å². The number of fused-ring (bicyclic) bond motifs is 1. The lowest BCUT2D eigenvalue weighted by Gasteiger charge is -2.11. The van der Waals surface area contributed by atoms with Crippen molar-refractivity contribution in [2.45, 2.75) is 6.92 Å². The van der Waals surface area contributed by atoms with Gasteiger partial charge in [0.15, 0.2) is 11.5 Å². The van der Waals surface area contributed by atoms with Crippen LogP contribution in [-0.2, 0) is 0 Å². The van der Waals surface area contributed by atoms with Crippen molar-refractivity contribution in [1.29, 1.82) is 5.41 Å². The Morgan fingerprint density at radius 3 is 2.65 bits per heavy atom. The molecule has 0 bridgehead atoms. The highest BCUT2D eigenvalue weighted by atomic mass is 35.5. The van der Waals surface area contributed by atoms with E-state index in [2.05, 4.69) is 15.1 Å². The third-order valence-corrected chi connectivity index (χ3v) is 4.35. The Morgan fingerprint density at radius 2 is 1.96 bits per heavy atom. The largest absolute Gasteiger partial charge is 0.384 e. The molecule has 0 amide bonds. The Hall–Kier alpha value is -3.25. The lowest BCUT2D eigenvalue weighted by Crippen LogP contribution is -2.15. The maximum absolute atomic E-state index is 8.08. The smallest absolute Gasteiger partial charge is 0.182 e. The number of rotatable bonds is 3. The second-order valence-electron chi connectivity index (χ2n) is 5.91. The summed E-state index contributed by atoms with van der Waals surface area (Å²) in [6.45, 7) is 1.94. The minimum absolute atomic E-state index is 0.0705. The maximum Gasteiger partial charge on any atom is 0.182 e. The molecule has 3 aromatic heterocycles. The fourth-order valence-electron chi connectivity index (χ4n) is 2.95. The summed E-state index contributed by atoms with van der Waals surface area (Å²) in [6, 6.07) is 13.1. The van der Waals surface area contributed by atoms with Crippen molar-refractivity contribution in [3.63, 3.8) is 0 Å². The number of amidine groups is 1. The van der Waals surface area contributed by atoms with Gasteiger partial charge in [0.05, 0.1) is 5.56 Å². The molecule has 3 heterocycles. The molecule has 26 heavy (non-hydrogen) atoms. The van der Waals surface area contributed by atoms with Gasteiger partial charge in [0.2, 0.25) is 0 Å². The van der Waals surface area contributed by atoms with E-state index in [1.807, 2.05) is 37.3 Å². The number of aromatic nitrogens is 4. The van der Waals surface area contributed by atoms with Gasteiger partial charge in [-0.15, -0.1) is 5.10 Å². The molecule has 0 saturated heterocycles. The highest BCUT2D eigenvalue weighted by Gasteiger charge is 2.19. The minimum Gasteiger partial charge on any atom is -0.384 e. The normalized spacial score (nSPS) is 11.0. The van der Waals surface area contributed by atoms with E-state index in [9.17, 15) is 0 Å². The van der Waals surface area contributed by atoms with Crippen LogP contribution in [0.4, 0.5) is 0 Å². The maximum atomic E-state index is 8.08. The van der Waals surface area contributed by atoms with Gasteiger partial charge in [0.25, 0.3) is 0 Å². The fraction of sp³-hybridized carbons (Fsp3) is 0.0526. The second-order valence-corrected chi connectivity index (χ2v) is 6.35. The van der Waals surface area contributed by atoms with E-state index in [4.69, 9.17) is 22.7 Å². The van der Waals surface area contributed by atoms with Crippen molar-refractivity contribution in [2.75, 3.05) is 0 Å². The first kappa shape index (κ1) is 16.2. The van der Waals surface area contributed by atoms with Crippen LogP contribution < -0.4 is 5.73 Å². The van der Waals surface area contributed by atoms with Crippen LogP contribution in [0.5, 0.6) is 0 Å². The van der Waals surface area contributed by atoms with Gasteiger partial charge in [0.1, 0.15) is 5.84 Å². The molecule has 0 aliphatic heterocycles. The Kier molecular flexibility index (Phi) is 3.89. The average Bonchev–Trinajstić information content (AvgIpc) is 3.08. The molecule has 0 aliphatic carbocycles. The third kappa shape index (κ3) is 2.70. The van der Waals surface area contributed by atoms with Gasteiger partial charge in [-0.2, -0.15) is 0 Å². The number of hydrogen-bond donors (Lipinski definition) is 2. The first-order valence-corrected chi connectivity index (χ1v) is 8.33. The molecule has 4 aromatic rings. The number of nitrogens with zero attached hydrogens (tertiary/aromatic N) is 4. The minimum atomic E-state index is -0.0705. The first-order valence-electron chi connectivity index (χ1n) is 7.95. The summed E-state index contributed by atoms with van der Waals surface area (Å²) in [5, 5.41) is 13.3. The van der Waals surface area contributed by atoms with E-state index in [1.165, 1.54) is 0 Å². The van der Waals surface area contributed by atoms with Gasteiger partial charge in [-0.25, -0.2) is 9.50 Å². The van der Waals surface area contributed by atoms with Crippen LogP contribution in [0.25, 0.3) is 28.2 Å². The summed E-state index contributed by atoms with van der Waals surface area (Å²) in [4.78, 5) is 8.81.